The maximum Gasteiger partial charge on any atom is 0.243 e. The van der Waals surface area contributed by atoms with Crippen molar-refractivity contribution in [1.29, 1.82) is 0 Å². The van der Waals surface area contributed by atoms with Gasteiger partial charge in [0, 0.05) is 37.7 Å². The van der Waals surface area contributed by atoms with Crippen molar-refractivity contribution in [3.05, 3.63) is 18.5 Å². The monoisotopic (exact) mass is 308 g/mol. The molecule has 2 atom stereocenters. The summed E-state index contributed by atoms with van der Waals surface area (Å²) >= 11 is 1.72. The smallest absolute Gasteiger partial charge is 0.243 e. The van der Waals surface area contributed by atoms with Gasteiger partial charge in [0.15, 0.2) is 0 Å². The number of hydrogen-bond acceptors (Lipinski definition) is 4. The Kier molecular flexibility index (Phi) is 3.93. The minimum atomic E-state index is -0.306. The molecule has 2 aliphatic rings. The lowest BCUT2D eigenvalue weighted by molar-refractivity contribution is -0.137. The first-order valence-corrected chi connectivity index (χ1v) is 8.30. The van der Waals surface area contributed by atoms with E-state index in [0.29, 0.717) is 18.7 Å². The Hall–Kier alpha value is -1.50. The van der Waals surface area contributed by atoms with Gasteiger partial charge in [-0.05, 0) is 25.8 Å². The largest absolute Gasteiger partial charge is 0.354 e. The molecular weight excluding hydrogens is 288 g/mol. The van der Waals surface area contributed by atoms with Crippen LogP contribution in [0.25, 0.3) is 0 Å². The molecule has 7 heteroatoms. The van der Waals surface area contributed by atoms with Gasteiger partial charge >= 0.3 is 0 Å². The van der Waals surface area contributed by atoms with Crippen molar-refractivity contribution < 1.29 is 9.59 Å². The average Bonchev–Trinajstić information content (AvgIpc) is 3.14. The number of hydrogen-bond donors (Lipinski definition) is 1. The molecule has 0 spiro atoms. The van der Waals surface area contributed by atoms with Crippen LogP contribution in [0.1, 0.15) is 26.2 Å². The highest BCUT2D eigenvalue weighted by molar-refractivity contribution is 8.01. The van der Waals surface area contributed by atoms with Crippen LogP contribution in [-0.4, -0.2) is 49.7 Å². The van der Waals surface area contributed by atoms with Gasteiger partial charge in [0.25, 0.3) is 0 Å². The van der Waals surface area contributed by atoms with E-state index in [0.717, 1.165) is 19.4 Å². The van der Waals surface area contributed by atoms with Gasteiger partial charge in [0.1, 0.15) is 6.04 Å². The molecule has 0 aromatic carbocycles. The average molecular weight is 308 g/mol. The van der Waals surface area contributed by atoms with E-state index in [1.165, 1.54) is 0 Å². The summed E-state index contributed by atoms with van der Waals surface area (Å²) < 4.78 is 1.85. The molecule has 0 radical (unpaired) electrons. The van der Waals surface area contributed by atoms with Gasteiger partial charge in [-0.2, -0.15) is 5.10 Å². The number of aromatic nitrogens is 2. The molecule has 1 aromatic rings. The van der Waals surface area contributed by atoms with E-state index in [4.69, 9.17) is 0 Å². The zero-order valence-electron chi connectivity index (χ0n) is 12.1. The fourth-order valence-corrected chi connectivity index (χ4v) is 4.45. The second-order valence-electron chi connectivity index (χ2n) is 5.68. The molecular formula is C14H20N4O2S. The number of carbonyl (C=O) groups is 2. The normalized spacial score (nSPS) is 28.0. The fourth-order valence-electron chi connectivity index (χ4n) is 3.02. The number of nitrogens with one attached hydrogen (secondary N) is 1. The Labute approximate surface area is 128 Å². The highest BCUT2D eigenvalue weighted by atomic mass is 32.2. The van der Waals surface area contributed by atoms with E-state index in [-0.39, 0.29) is 22.7 Å². The molecule has 21 heavy (non-hydrogen) atoms. The molecule has 0 aliphatic carbocycles. The molecule has 0 bridgehead atoms. The molecule has 3 heterocycles. The van der Waals surface area contributed by atoms with Crippen LogP contribution in [0.5, 0.6) is 0 Å². The van der Waals surface area contributed by atoms with Crippen molar-refractivity contribution in [3.63, 3.8) is 0 Å². The van der Waals surface area contributed by atoms with Crippen LogP contribution in [0, 0.1) is 0 Å². The Balaban J connectivity index is 1.48. The van der Waals surface area contributed by atoms with E-state index in [1.54, 1.807) is 22.9 Å². The quantitative estimate of drug-likeness (QED) is 0.819. The predicted molar refractivity (Wildman–Crippen MR) is 80.6 cm³/mol. The van der Waals surface area contributed by atoms with Crippen LogP contribution >= 0.6 is 11.8 Å². The first-order valence-electron chi connectivity index (χ1n) is 7.31. The van der Waals surface area contributed by atoms with Gasteiger partial charge in [-0.3, -0.25) is 14.3 Å². The van der Waals surface area contributed by atoms with Crippen LogP contribution in [0.4, 0.5) is 0 Å². The number of carbonyl (C=O) groups excluding carboxylic acids is 2. The lowest BCUT2D eigenvalue weighted by atomic mass is 10.2. The molecule has 1 aromatic heterocycles. The number of nitrogens with zero attached hydrogens (tertiary/aromatic N) is 3. The zero-order chi connectivity index (χ0) is 14.9. The van der Waals surface area contributed by atoms with Crippen molar-refractivity contribution in [2.75, 3.05) is 12.3 Å². The van der Waals surface area contributed by atoms with Crippen LogP contribution in [-0.2, 0) is 16.1 Å². The molecule has 2 saturated heterocycles. The topological polar surface area (TPSA) is 67.2 Å². The van der Waals surface area contributed by atoms with Crippen molar-refractivity contribution in [1.82, 2.24) is 20.0 Å². The number of aryl methyl sites for hydroxylation is 1. The summed E-state index contributed by atoms with van der Waals surface area (Å²) in [6.07, 6.45) is 5.89. The molecule has 2 aliphatic heterocycles. The van der Waals surface area contributed by atoms with Gasteiger partial charge < -0.3 is 10.2 Å². The van der Waals surface area contributed by atoms with Crippen LogP contribution in [0.3, 0.4) is 0 Å². The summed E-state index contributed by atoms with van der Waals surface area (Å²) in [5.74, 6) is 0.786. The molecule has 2 unspecified atom stereocenters. The molecule has 2 amide bonds. The SMILES string of the molecule is CC12CCC(=O)N1C(C(=O)NCCCn1cccn1)CS2. The summed E-state index contributed by atoms with van der Waals surface area (Å²) in [5, 5.41) is 7.07. The van der Waals surface area contributed by atoms with Crippen LogP contribution < -0.4 is 5.32 Å². The summed E-state index contributed by atoms with van der Waals surface area (Å²) in [4.78, 5) is 25.9. The van der Waals surface area contributed by atoms with E-state index in [1.807, 2.05) is 16.9 Å². The Morgan fingerprint density at radius 1 is 1.62 bits per heavy atom. The first-order chi connectivity index (χ1) is 10.1. The van der Waals surface area contributed by atoms with Crippen molar-refractivity contribution in [3.8, 4) is 0 Å². The molecule has 3 rings (SSSR count). The van der Waals surface area contributed by atoms with Crippen molar-refractivity contribution in [2.24, 2.45) is 0 Å². The summed E-state index contributed by atoms with van der Waals surface area (Å²) in [6, 6.07) is 1.58. The highest BCUT2D eigenvalue weighted by Gasteiger charge is 2.52. The summed E-state index contributed by atoms with van der Waals surface area (Å²) in [6.45, 7) is 3.46. The summed E-state index contributed by atoms with van der Waals surface area (Å²) in [7, 11) is 0. The van der Waals surface area contributed by atoms with Crippen LogP contribution in [0.2, 0.25) is 0 Å². The third-order valence-electron chi connectivity index (χ3n) is 4.17. The van der Waals surface area contributed by atoms with Crippen molar-refractivity contribution in [2.45, 2.75) is 43.6 Å². The predicted octanol–water partition coefficient (Wildman–Crippen LogP) is 0.843. The van der Waals surface area contributed by atoms with Crippen molar-refractivity contribution >= 4 is 23.6 Å². The first kappa shape index (κ1) is 14.4. The van der Waals surface area contributed by atoms with Gasteiger partial charge in [-0.1, -0.05) is 0 Å². The van der Waals surface area contributed by atoms with E-state index >= 15 is 0 Å². The molecule has 2 fully saturated rings. The Morgan fingerprint density at radius 2 is 2.48 bits per heavy atom. The van der Waals surface area contributed by atoms with Gasteiger partial charge in [0.05, 0.1) is 4.87 Å². The van der Waals surface area contributed by atoms with Gasteiger partial charge in [-0.15, -0.1) is 11.8 Å². The van der Waals surface area contributed by atoms with E-state index in [2.05, 4.69) is 17.3 Å². The maximum absolute atomic E-state index is 12.3. The third-order valence-corrected chi connectivity index (χ3v) is 5.68. The Bertz CT molecular complexity index is 533. The van der Waals surface area contributed by atoms with Crippen LogP contribution in [0.15, 0.2) is 18.5 Å². The highest BCUT2D eigenvalue weighted by Crippen LogP contribution is 2.47. The van der Waals surface area contributed by atoms with Gasteiger partial charge in [-0.25, -0.2) is 0 Å². The van der Waals surface area contributed by atoms with Gasteiger partial charge in [0.2, 0.25) is 11.8 Å². The minimum absolute atomic E-state index is 0.0260. The molecule has 114 valence electrons. The fraction of sp³-hybridized carbons (Fsp3) is 0.643. The number of thioether (sulfide) groups is 1. The standard InChI is InChI=1S/C14H20N4O2S/c1-14-5-4-12(19)18(14)11(10-21-14)13(20)15-6-2-8-17-9-3-7-16-17/h3,7,9,11H,2,4-6,8,10H2,1H3,(H,15,20). The summed E-state index contributed by atoms with van der Waals surface area (Å²) in [5.41, 5.74) is 0. The van der Waals surface area contributed by atoms with E-state index < -0.39 is 0 Å². The number of amides is 2. The number of fused-ring (bicyclic) bond motifs is 1. The third kappa shape index (κ3) is 2.79. The molecule has 0 saturated carbocycles. The minimum Gasteiger partial charge on any atom is -0.354 e. The lowest BCUT2D eigenvalue weighted by Gasteiger charge is -2.29. The second kappa shape index (κ2) is 5.71. The number of rotatable bonds is 5. The zero-order valence-corrected chi connectivity index (χ0v) is 12.9. The molecule has 1 N–H and O–H groups in total. The Morgan fingerprint density at radius 3 is 3.24 bits per heavy atom. The van der Waals surface area contributed by atoms with E-state index in [9.17, 15) is 9.59 Å². The lowest BCUT2D eigenvalue weighted by Crippen LogP contribution is -2.50. The maximum atomic E-state index is 12.3. The second-order valence-corrected chi connectivity index (χ2v) is 7.18. The molecule has 6 nitrogen and oxygen atoms in total.